The van der Waals surface area contributed by atoms with Crippen molar-refractivity contribution in [3.63, 3.8) is 0 Å². The minimum absolute atomic E-state index is 0.167. The third-order valence-corrected chi connectivity index (χ3v) is 1.22. The van der Waals surface area contributed by atoms with Crippen molar-refractivity contribution in [1.82, 2.24) is 9.97 Å². The Morgan fingerprint density at radius 3 is 1.83 bits per heavy atom. The van der Waals surface area contributed by atoms with E-state index < -0.39 is 0 Å². The molecule has 0 aromatic carbocycles. The SMILES string of the molecule is N=C(N)c1cc(C(=N)N)ncn1. The number of nitrogens with zero attached hydrogens (tertiary/aromatic N) is 2. The Bertz CT molecular complexity index is 301. The topological polar surface area (TPSA) is 126 Å². The van der Waals surface area contributed by atoms with Crippen LogP contribution in [0.1, 0.15) is 11.4 Å². The Labute approximate surface area is 68.7 Å². The summed E-state index contributed by atoms with van der Waals surface area (Å²) in [6.45, 7) is 0. The Morgan fingerprint density at radius 2 is 1.50 bits per heavy atom. The molecule has 0 aliphatic carbocycles. The first kappa shape index (κ1) is 8.12. The van der Waals surface area contributed by atoms with Crippen molar-refractivity contribution >= 4 is 11.7 Å². The molecular weight excluding hydrogens is 156 g/mol. The second-order valence-corrected chi connectivity index (χ2v) is 2.12. The zero-order valence-corrected chi connectivity index (χ0v) is 6.20. The maximum Gasteiger partial charge on any atom is 0.141 e. The first-order valence-corrected chi connectivity index (χ1v) is 3.12. The highest BCUT2D eigenvalue weighted by Crippen LogP contribution is 1.95. The fraction of sp³-hybridized carbons (Fsp3) is 0. The average Bonchev–Trinajstić information content (AvgIpc) is 2.04. The van der Waals surface area contributed by atoms with Crippen LogP contribution in [0.3, 0.4) is 0 Å². The van der Waals surface area contributed by atoms with Gasteiger partial charge in [-0.1, -0.05) is 0 Å². The lowest BCUT2D eigenvalue weighted by atomic mass is 10.3. The van der Waals surface area contributed by atoms with Crippen molar-refractivity contribution < 1.29 is 0 Å². The van der Waals surface area contributed by atoms with E-state index in [2.05, 4.69) is 9.97 Å². The molecule has 0 unspecified atom stereocenters. The minimum atomic E-state index is -0.167. The highest BCUT2D eigenvalue weighted by Gasteiger charge is 2.02. The molecule has 0 fully saturated rings. The van der Waals surface area contributed by atoms with Crippen molar-refractivity contribution in [1.29, 1.82) is 10.8 Å². The molecule has 12 heavy (non-hydrogen) atoms. The van der Waals surface area contributed by atoms with E-state index in [0.717, 1.165) is 0 Å². The molecule has 0 radical (unpaired) electrons. The molecule has 0 aliphatic rings. The molecule has 0 aliphatic heterocycles. The number of nitrogens with two attached hydrogens (primary N) is 2. The molecular formula is C6H8N6. The number of hydrogen-bond donors (Lipinski definition) is 4. The van der Waals surface area contributed by atoms with E-state index in [1.54, 1.807) is 0 Å². The molecule has 0 atom stereocenters. The van der Waals surface area contributed by atoms with E-state index in [1.165, 1.54) is 12.4 Å². The van der Waals surface area contributed by atoms with E-state index in [0.29, 0.717) is 0 Å². The van der Waals surface area contributed by atoms with E-state index >= 15 is 0 Å². The van der Waals surface area contributed by atoms with Crippen LogP contribution in [0.2, 0.25) is 0 Å². The van der Waals surface area contributed by atoms with Crippen LogP contribution in [0.15, 0.2) is 12.4 Å². The van der Waals surface area contributed by atoms with Gasteiger partial charge in [-0.05, 0) is 6.07 Å². The van der Waals surface area contributed by atoms with Crippen molar-refractivity contribution in [3.8, 4) is 0 Å². The summed E-state index contributed by atoms with van der Waals surface area (Å²) >= 11 is 0. The molecule has 1 aromatic heterocycles. The zero-order chi connectivity index (χ0) is 9.14. The fourth-order valence-corrected chi connectivity index (χ4v) is 0.652. The lowest BCUT2D eigenvalue weighted by molar-refractivity contribution is 1.11. The van der Waals surface area contributed by atoms with Crippen LogP contribution in [-0.2, 0) is 0 Å². The maximum atomic E-state index is 7.05. The van der Waals surface area contributed by atoms with Gasteiger partial charge in [-0.3, -0.25) is 10.8 Å². The van der Waals surface area contributed by atoms with Crippen molar-refractivity contribution in [2.45, 2.75) is 0 Å². The van der Waals surface area contributed by atoms with Gasteiger partial charge in [-0.2, -0.15) is 0 Å². The molecule has 0 saturated heterocycles. The van der Waals surface area contributed by atoms with Gasteiger partial charge in [0.15, 0.2) is 0 Å². The third kappa shape index (κ3) is 1.54. The summed E-state index contributed by atoms with van der Waals surface area (Å²) in [5.41, 5.74) is 10.9. The van der Waals surface area contributed by atoms with Gasteiger partial charge in [0.05, 0.1) is 0 Å². The second-order valence-electron chi connectivity index (χ2n) is 2.12. The predicted molar refractivity (Wildman–Crippen MR) is 44.1 cm³/mol. The number of rotatable bonds is 2. The predicted octanol–water partition coefficient (Wildman–Crippen LogP) is -0.955. The van der Waals surface area contributed by atoms with Crippen LogP contribution in [0.4, 0.5) is 0 Å². The number of nitrogen functional groups attached to an aromatic ring is 2. The molecule has 0 spiro atoms. The number of amidine groups is 2. The Hall–Kier alpha value is -1.98. The molecule has 0 saturated carbocycles. The van der Waals surface area contributed by atoms with Crippen molar-refractivity contribution in [2.24, 2.45) is 11.5 Å². The normalized spacial score (nSPS) is 9.33. The average molecular weight is 164 g/mol. The van der Waals surface area contributed by atoms with E-state index in [1.807, 2.05) is 0 Å². The van der Waals surface area contributed by atoms with Crippen LogP contribution in [-0.4, -0.2) is 21.6 Å². The molecule has 62 valence electrons. The number of aromatic nitrogens is 2. The Balaban J connectivity index is 3.12. The quantitative estimate of drug-likeness (QED) is 0.332. The molecule has 6 N–H and O–H groups in total. The summed E-state index contributed by atoms with van der Waals surface area (Å²) in [6.07, 6.45) is 1.22. The van der Waals surface area contributed by atoms with Gasteiger partial charge in [0.25, 0.3) is 0 Å². The molecule has 6 nitrogen and oxygen atoms in total. The van der Waals surface area contributed by atoms with Crippen LogP contribution in [0.5, 0.6) is 0 Å². The zero-order valence-electron chi connectivity index (χ0n) is 6.20. The van der Waals surface area contributed by atoms with Gasteiger partial charge in [0.2, 0.25) is 0 Å². The van der Waals surface area contributed by atoms with Crippen LogP contribution < -0.4 is 11.5 Å². The Morgan fingerprint density at radius 1 is 1.08 bits per heavy atom. The molecule has 1 aromatic rings. The maximum absolute atomic E-state index is 7.05. The minimum Gasteiger partial charge on any atom is -0.382 e. The van der Waals surface area contributed by atoms with Crippen molar-refractivity contribution in [3.05, 3.63) is 23.8 Å². The summed E-state index contributed by atoms with van der Waals surface area (Å²) in [5, 5.41) is 14.1. The Kier molecular flexibility index (Phi) is 2.00. The lowest BCUT2D eigenvalue weighted by Gasteiger charge is -1.98. The lowest BCUT2D eigenvalue weighted by Crippen LogP contribution is -2.18. The van der Waals surface area contributed by atoms with Gasteiger partial charge in [0.1, 0.15) is 29.4 Å². The largest absolute Gasteiger partial charge is 0.382 e. The summed E-state index contributed by atoms with van der Waals surface area (Å²) in [5.74, 6) is -0.334. The monoisotopic (exact) mass is 164 g/mol. The highest BCUT2D eigenvalue weighted by molar-refractivity contribution is 5.97. The number of nitrogens with one attached hydrogen (secondary N) is 2. The first-order chi connectivity index (χ1) is 5.61. The van der Waals surface area contributed by atoms with E-state index in [-0.39, 0.29) is 23.1 Å². The standard InChI is InChI=1S/C6H8N6/c7-5(8)3-1-4(6(9)10)12-2-11-3/h1-2H,(H3,7,8)(H3,9,10). The molecule has 1 heterocycles. The molecule has 1 rings (SSSR count). The summed E-state index contributed by atoms with van der Waals surface area (Å²) in [6, 6.07) is 1.39. The van der Waals surface area contributed by atoms with Gasteiger partial charge >= 0.3 is 0 Å². The van der Waals surface area contributed by atoms with E-state index in [4.69, 9.17) is 22.3 Å². The fourth-order valence-electron chi connectivity index (χ4n) is 0.652. The van der Waals surface area contributed by atoms with Gasteiger partial charge in [-0.25, -0.2) is 9.97 Å². The number of hydrogen-bond acceptors (Lipinski definition) is 4. The molecule has 0 bridgehead atoms. The summed E-state index contributed by atoms with van der Waals surface area (Å²) in [4.78, 5) is 7.42. The van der Waals surface area contributed by atoms with Crippen molar-refractivity contribution in [2.75, 3.05) is 0 Å². The highest BCUT2D eigenvalue weighted by atomic mass is 14.9. The third-order valence-electron chi connectivity index (χ3n) is 1.22. The van der Waals surface area contributed by atoms with Gasteiger partial charge < -0.3 is 11.5 Å². The first-order valence-electron chi connectivity index (χ1n) is 3.12. The summed E-state index contributed by atoms with van der Waals surface area (Å²) < 4.78 is 0. The van der Waals surface area contributed by atoms with Gasteiger partial charge in [0, 0.05) is 0 Å². The van der Waals surface area contributed by atoms with Crippen LogP contribution in [0.25, 0.3) is 0 Å². The summed E-state index contributed by atoms with van der Waals surface area (Å²) in [7, 11) is 0. The second kappa shape index (κ2) is 2.95. The smallest absolute Gasteiger partial charge is 0.141 e. The van der Waals surface area contributed by atoms with E-state index in [9.17, 15) is 0 Å². The van der Waals surface area contributed by atoms with Crippen LogP contribution >= 0.6 is 0 Å². The van der Waals surface area contributed by atoms with Gasteiger partial charge in [-0.15, -0.1) is 0 Å². The van der Waals surface area contributed by atoms with Crippen LogP contribution in [0, 0.1) is 10.8 Å². The molecule has 0 amide bonds. The molecule has 6 heteroatoms.